The van der Waals surface area contributed by atoms with Crippen LogP contribution in [0.15, 0.2) is 22.8 Å². The summed E-state index contributed by atoms with van der Waals surface area (Å²) < 4.78 is 28.7. The first-order valence-electron chi connectivity index (χ1n) is 4.72. The summed E-state index contributed by atoms with van der Waals surface area (Å²) >= 11 is 5.97. The van der Waals surface area contributed by atoms with Gasteiger partial charge in [-0.15, -0.1) is 0 Å². The maximum atomic E-state index is 11.9. The zero-order valence-electron chi connectivity index (χ0n) is 8.42. The summed E-state index contributed by atoms with van der Waals surface area (Å²) in [4.78, 5) is 0. The number of rotatable bonds is 4. The van der Waals surface area contributed by atoms with E-state index in [2.05, 4.69) is 0 Å². The Bertz CT molecular complexity index is 277. The maximum absolute atomic E-state index is 11.9. The first-order chi connectivity index (χ1) is 7.00. The van der Waals surface area contributed by atoms with Gasteiger partial charge in [0, 0.05) is 17.5 Å². The lowest BCUT2D eigenvalue weighted by atomic mass is 10.00. The zero-order valence-corrected chi connectivity index (χ0v) is 9.18. The molecule has 5 heteroatoms. The van der Waals surface area contributed by atoms with Crippen LogP contribution in [0.3, 0.4) is 0 Å². The molecule has 1 aliphatic carbocycles. The van der Waals surface area contributed by atoms with Crippen molar-refractivity contribution in [3.05, 3.63) is 22.8 Å². The average molecular weight is 238 g/mol. The van der Waals surface area contributed by atoms with Crippen molar-refractivity contribution < 1.29 is 13.5 Å². The van der Waals surface area contributed by atoms with E-state index in [0.717, 1.165) is 5.57 Å². The molecule has 2 nitrogen and oxygen atoms in total. The Morgan fingerprint density at radius 3 is 2.80 bits per heavy atom. The van der Waals surface area contributed by atoms with E-state index in [-0.39, 0.29) is 12.1 Å². The van der Waals surface area contributed by atoms with Gasteiger partial charge >= 0.3 is 0 Å². The third kappa shape index (κ3) is 3.89. The van der Waals surface area contributed by atoms with Crippen molar-refractivity contribution in [1.82, 2.24) is 0 Å². The highest BCUT2D eigenvalue weighted by Crippen LogP contribution is 2.26. The molecule has 0 aliphatic heterocycles. The van der Waals surface area contributed by atoms with Crippen LogP contribution in [0, 0.1) is 0 Å². The van der Waals surface area contributed by atoms with Crippen LogP contribution in [0.4, 0.5) is 8.78 Å². The van der Waals surface area contributed by atoms with Crippen LogP contribution in [0.25, 0.3) is 0 Å². The van der Waals surface area contributed by atoms with Crippen molar-refractivity contribution in [2.45, 2.75) is 31.9 Å². The summed E-state index contributed by atoms with van der Waals surface area (Å²) in [5.74, 6) is 0. The van der Waals surface area contributed by atoms with Crippen molar-refractivity contribution in [3.8, 4) is 0 Å². The number of alkyl halides is 2. The van der Waals surface area contributed by atoms with Crippen LogP contribution in [0.5, 0.6) is 0 Å². The fourth-order valence-corrected chi connectivity index (χ4v) is 1.76. The molecule has 0 radical (unpaired) electrons. The Morgan fingerprint density at radius 1 is 1.67 bits per heavy atom. The lowest BCUT2D eigenvalue weighted by Gasteiger charge is -2.21. The smallest absolute Gasteiger partial charge is 0.261 e. The van der Waals surface area contributed by atoms with E-state index in [1.54, 1.807) is 12.2 Å². The number of halogens is 3. The van der Waals surface area contributed by atoms with Crippen molar-refractivity contribution in [2.75, 3.05) is 6.61 Å². The van der Waals surface area contributed by atoms with Crippen LogP contribution < -0.4 is 5.73 Å². The molecule has 0 saturated heterocycles. The Hall–Kier alpha value is -0.450. The van der Waals surface area contributed by atoms with Gasteiger partial charge in [0.15, 0.2) is 0 Å². The SMILES string of the molecule is CC(N)C1=C(Cl)CC(OCC(F)F)C=C1. The molecule has 1 aliphatic rings. The van der Waals surface area contributed by atoms with E-state index >= 15 is 0 Å². The summed E-state index contributed by atoms with van der Waals surface area (Å²) in [6, 6.07) is -0.148. The largest absolute Gasteiger partial charge is 0.368 e. The van der Waals surface area contributed by atoms with Crippen molar-refractivity contribution >= 4 is 11.6 Å². The van der Waals surface area contributed by atoms with Gasteiger partial charge in [-0.1, -0.05) is 23.8 Å². The van der Waals surface area contributed by atoms with Crippen molar-refractivity contribution in [2.24, 2.45) is 5.73 Å². The second-order valence-corrected chi connectivity index (χ2v) is 3.93. The molecule has 0 amide bonds. The quantitative estimate of drug-likeness (QED) is 0.815. The van der Waals surface area contributed by atoms with Gasteiger partial charge in [0.05, 0.1) is 6.10 Å². The molecule has 86 valence electrons. The molecule has 15 heavy (non-hydrogen) atoms. The number of hydrogen-bond donors (Lipinski definition) is 1. The molecule has 0 saturated carbocycles. The molecule has 0 aromatic heterocycles. The number of nitrogens with two attached hydrogens (primary N) is 1. The highest BCUT2D eigenvalue weighted by molar-refractivity contribution is 6.30. The monoisotopic (exact) mass is 237 g/mol. The first kappa shape index (κ1) is 12.6. The minimum atomic E-state index is -2.45. The third-order valence-electron chi connectivity index (χ3n) is 2.11. The summed E-state index contributed by atoms with van der Waals surface area (Å²) in [6.45, 7) is 1.26. The van der Waals surface area contributed by atoms with E-state index in [1.807, 2.05) is 6.92 Å². The Morgan fingerprint density at radius 2 is 2.33 bits per heavy atom. The van der Waals surface area contributed by atoms with Gasteiger partial charge < -0.3 is 10.5 Å². The molecule has 0 bridgehead atoms. The van der Waals surface area contributed by atoms with Crippen LogP contribution >= 0.6 is 11.6 Å². The summed E-state index contributed by atoms with van der Waals surface area (Å²) in [5, 5.41) is 0.590. The fraction of sp³-hybridized carbons (Fsp3) is 0.600. The average Bonchev–Trinajstić information content (AvgIpc) is 2.14. The first-order valence-corrected chi connectivity index (χ1v) is 5.10. The fourth-order valence-electron chi connectivity index (χ4n) is 1.37. The summed E-state index contributed by atoms with van der Waals surface area (Å²) in [7, 11) is 0. The number of hydrogen-bond acceptors (Lipinski definition) is 2. The second-order valence-electron chi connectivity index (χ2n) is 3.48. The molecule has 0 fully saturated rings. The molecule has 0 heterocycles. The standard InChI is InChI=1S/C10H14ClF2NO/c1-6(14)8-3-2-7(4-9(8)11)15-5-10(12)13/h2-3,6-7,10H,4-5,14H2,1H3. The minimum absolute atomic E-state index is 0.148. The Balaban J connectivity index is 2.50. The Labute approximate surface area is 92.7 Å². The van der Waals surface area contributed by atoms with E-state index in [9.17, 15) is 8.78 Å². The van der Waals surface area contributed by atoms with Gasteiger partial charge in [0.25, 0.3) is 6.43 Å². The highest BCUT2D eigenvalue weighted by Gasteiger charge is 2.18. The molecule has 0 spiro atoms. The second kappa shape index (κ2) is 5.58. The third-order valence-corrected chi connectivity index (χ3v) is 2.48. The molecule has 2 unspecified atom stereocenters. The van der Waals surface area contributed by atoms with Gasteiger partial charge in [-0.3, -0.25) is 0 Å². The predicted octanol–water partition coefficient (Wildman–Crippen LogP) is 2.44. The van der Waals surface area contributed by atoms with Crippen LogP contribution in [-0.4, -0.2) is 25.2 Å². The van der Waals surface area contributed by atoms with Gasteiger partial charge in [-0.2, -0.15) is 0 Å². The molecule has 1 rings (SSSR count). The highest BCUT2D eigenvalue weighted by atomic mass is 35.5. The molecule has 2 N–H and O–H groups in total. The predicted molar refractivity (Wildman–Crippen MR) is 56.0 cm³/mol. The summed E-state index contributed by atoms with van der Waals surface area (Å²) in [6.07, 6.45) is 1.06. The van der Waals surface area contributed by atoms with Crippen molar-refractivity contribution in [3.63, 3.8) is 0 Å². The van der Waals surface area contributed by atoms with E-state index in [1.165, 1.54) is 0 Å². The topological polar surface area (TPSA) is 35.2 Å². The molecule has 2 atom stereocenters. The van der Waals surface area contributed by atoms with Gasteiger partial charge in [0.2, 0.25) is 0 Å². The van der Waals surface area contributed by atoms with Crippen LogP contribution in [0.2, 0.25) is 0 Å². The van der Waals surface area contributed by atoms with E-state index in [0.29, 0.717) is 11.5 Å². The summed E-state index contributed by atoms with van der Waals surface area (Å²) in [5.41, 5.74) is 6.51. The molecule has 0 aromatic carbocycles. The lowest BCUT2D eigenvalue weighted by molar-refractivity contribution is -0.00653. The van der Waals surface area contributed by atoms with Gasteiger partial charge in [0.1, 0.15) is 6.61 Å². The molecular weight excluding hydrogens is 224 g/mol. The zero-order chi connectivity index (χ0) is 11.4. The minimum Gasteiger partial charge on any atom is -0.368 e. The maximum Gasteiger partial charge on any atom is 0.261 e. The molecular formula is C10H14ClF2NO. The van der Waals surface area contributed by atoms with Crippen molar-refractivity contribution in [1.29, 1.82) is 0 Å². The molecule has 0 aromatic rings. The van der Waals surface area contributed by atoms with E-state index < -0.39 is 13.0 Å². The van der Waals surface area contributed by atoms with E-state index in [4.69, 9.17) is 22.1 Å². The lowest BCUT2D eigenvalue weighted by Crippen LogP contribution is -2.23. The van der Waals surface area contributed by atoms with Crippen LogP contribution in [-0.2, 0) is 4.74 Å². The van der Waals surface area contributed by atoms with Crippen LogP contribution in [0.1, 0.15) is 13.3 Å². The number of ether oxygens (including phenoxy) is 1. The Kier molecular flexibility index (Phi) is 4.70. The van der Waals surface area contributed by atoms with Gasteiger partial charge in [-0.25, -0.2) is 8.78 Å². The van der Waals surface area contributed by atoms with Gasteiger partial charge in [-0.05, 0) is 12.5 Å². The normalized spacial score (nSPS) is 23.7.